The molecule has 0 fully saturated rings. The molecule has 1 aromatic rings. The number of amides is 1. The minimum absolute atomic E-state index is 0.114. The van der Waals surface area contributed by atoms with E-state index < -0.39 is 11.2 Å². The predicted octanol–water partition coefficient (Wildman–Crippen LogP) is 0.879. The highest BCUT2D eigenvalue weighted by Crippen LogP contribution is 2.17. The highest BCUT2D eigenvalue weighted by molar-refractivity contribution is 8.14. The summed E-state index contributed by atoms with van der Waals surface area (Å²) in [5.74, 6) is 0.288. The Morgan fingerprint density at radius 3 is 2.10 bits per heavy atom. The smallest absolute Gasteiger partial charge is 0.231 e. The van der Waals surface area contributed by atoms with Gasteiger partial charge in [-0.05, 0) is 24.0 Å². The summed E-state index contributed by atoms with van der Waals surface area (Å²) in [4.78, 5) is 11.3. The number of carbonyl (C=O) groups excluding carboxylic acids is 1. The van der Waals surface area contributed by atoms with E-state index in [2.05, 4.69) is 0 Å². The highest BCUT2D eigenvalue weighted by Gasteiger charge is 2.18. The molecule has 0 aliphatic rings. The normalized spacial score (nSPS) is 11.8. The number of thioether (sulfide) groups is 2. The van der Waals surface area contributed by atoms with Crippen molar-refractivity contribution in [2.75, 3.05) is 5.75 Å². The van der Waals surface area contributed by atoms with E-state index in [-0.39, 0.29) is 10.3 Å². The van der Waals surface area contributed by atoms with Crippen LogP contribution in [0.4, 0.5) is 0 Å². The molecule has 8 N–H and O–H groups in total. The van der Waals surface area contributed by atoms with Gasteiger partial charge in [-0.3, -0.25) is 15.6 Å². The summed E-state index contributed by atoms with van der Waals surface area (Å²) in [5.41, 5.74) is 18.0. The van der Waals surface area contributed by atoms with E-state index in [0.29, 0.717) is 6.42 Å². The van der Waals surface area contributed by atoms with Crippen LogP contribution in [0.1, 0.15) is 11.1 Å². The lowest BCUT2D eigenvalue weighted by atomic mass is 10.1. The average molecular weight is 325 g/mol. The Morgan fingerprint density at radius 2 is 1.62 bits per heavy atom. The van der Waals surface area contributed by atoms with Crippen LogP contribution in [0.25, 0.3) is 0 Å². The van der Waals surface area contributed by atoms with E-state index >= 15 is 0 Å². The predicted molar refractivity (Wildman–Crippen MR) is 90.7 cm³/mol. The molecule has 0 heterocycles. The lowest BCUT2D eigenvalue weighted by Gasteiger charge is -2.12. The maximum Gasteiger partial charge on any atom is 0.231 e. The summed E-state index contributed by atoms with van der Waals surface area (Å²) in [7, 11) is 0. The van der Waals surface area contributed by atoms with Crippen LogP contribution in [0.3, 0.4) is 0 Å². The third-order valence-corrected chi connectivity index (χ3v) is 4.34. The Bertz CT molecular complexity index is 518. The summed E-state index contributed by atoms with van der Waals surface area (Å²) in [5, 5.41) is 13.8. The van der Waals surface area contributed by atoms with Gasteiger partial charge in [0.25, 0.3) is 0 Å². The first-order valence-corrected chi connectivity index (χ1v) is 8.09. The Morgan fingerprint density at radius 1 is 1.05 bits per heavy atom. The van der Waals surface area contributed by atoms with Crippen LogP contribution in [0.5, 0.6) is 0 Å². The van der Waals surface area contributed by atoms with Gasteiger partial charge in [-0.25, -0.2) is 0 Å². The van der Waals surface area contributed by atoms with Crippen molar-refractivity contribution < 1.29 is 4.79 Å². The molecule has 1 amide bonds. The van der Waals surface area contributed by atoms with E-state index in [0.717, 1.165) is 35.1 Å². The van der Waals surface area contributed by atoms with Gasteiger partial charge < -0.3 is 17.2 Å². The fraction of sp³-hybridized carbons (Fsp3) is 0.308. The van der Waals surface area contributed by atoms with E-state index in [1.807, 2.05) is 24.3 Å². The second-order valence-corrected chi connectivity index (χ2v) is 6.74. The summed E-state index contributed by atoms with van der Waals surface area (Å²) >= 11 is 2.28. The molecule has 0 aliphatic heterocycles. The standard InChI is InChI=1S/C13H19N5OS2/c14-11(19)10(21-13(17)18)7-9-3-1-8(2-4-9)5-6-20-12(15)16/h1-4,10H,5-7H2,(H2,14,19)(H3,15,16)(H3,17,18)/t10-/m0/s1. The maximum atomic E-state index is 11.3. The molecule has 0 bridgehead atoms. The fourth-order valence-electron chi connectivity index (χ4n) is 1.69. The topological polar surface area (TPSA) is 143 Å². The number of amidine groups is 2. The second-order valence-electron chi connectivity index (χ2n) is 4.36. The number of nitrogens with two attached hydrogens (primary N) is 3. The molecule has 0 saturated heterocycles. The molecule has 1 rings (SSSR count). The van der Waals surface area contributed by atoms with Crippen molar-refractivity contribution in [3.63, 3.8) is 0 Å². The van der Waals surface area contributed by atoms with Crippen molar-refractivity contribution in [1.29, 1.82) is 10.8 Å². The number of hydrogen-bond donors (Lipinski definition) is 5. The molecule has 6 nitrogen and oxygen atoms in total. The van der Waals surface area contributed by atoms with E-state index in [1.165, 1.54) is 11.8 Å². The van der Waals surface area contributed by atoms with Crippen LogP contribution in [-0.2, 0) is 17.6 Å². The largest absolute Gasteiger partial charge is 0.379 e. The lowest BCUT2D eigenvalue weighted by molar-refractivity contribution is -0.117. The first-order valence-electron chi connectivity index (χ1n) is 6.23. The average Bonchev–Trinajstić information content (AvgIpc) is 2.39. The minimum atomic E-state index is -0.526. The van der Waals surface area contributed by atoms with Gasteiger partial charge in [-0.1, -0.05) is 47.8 Å². The van der Waals surface area contributed by atoms with Crippen molar-refractivity contribution >= 4 is 39.8 Å². The van der Waals surface area contributed by atoms with Crippen molar-refractivity contribution in [3.8, 4) is 0 Å². The molecule has 0 saturated carbocycles. The fourth-order valence-corrected chi connectivity index (χ4v) is 2.94. The van der Waals surface area contributed by atoms with Gasteiger partial charge in [-0.2, -0.15) is 0 Å². The van der Waals surface area contributed by atoms with E-state index in [1.54, 1.807) is 0 Å². The Balaban J connectivity index is 2.58. The van der Waals surface area contributed by atoms with Crippen LogP contribution in [0.15, 0.2) is 24.3 Å². The third kappa shape index (κ3) is 7.05. The Hall–Kier alpha value is -1.67. The molecular formula is C13H19N5OS2. The summed E-state index contributed by atoms with van der Waals surface area (Å²) in [6.45, 7) is 0. The van der Waals surface area contributed by atoms with Crippen LogP contribution in [-0.4, -0.2) is 27.2 Å². The number of nitrogens with one attached hydrogen (secondary N) is 2. The van der Waals surface area contributed by atoms with Crippen molar-refractivity contribution in [1.82, 2.24) is 0 Å². The first kappa shape index (κ1) is 17.4. The second kappa shape index (κ2) is 8.58. The number of aryl methyl sites for hydroxylation is 1. The monoisotopic (exact) mass is 325 g/mol. The molecule has 0 unspecified atom stereocenters. The molecule has 1 aromatic carbocycles. The quantitative estimate of drug-likeness (QED) is 0.373. The molecule has 1 atom stereocenters. The van der Waals surface area contributed by atoms with Gasteiger partial charge in [0.1, 0.15) is 0 Å². The summed E-state index contributed by atoms with van der Waals surface area (Å²) in [6.07, 6.45) is 1.27. The molecule has 0 aromatic heterocycles. The van der Waals surface area contributed by atoms with Crippen LogP contribution in [0.2, 0.25) is 0 Å². The Labute approximate surface area is 132 Å². The highest BCUT2D eigenvalue weighted by atomic mass is 32.2. The van der Waals surface area contributed by atoms with E-state index in [4.69, 9.17) is 28.0 Å². The number of benzene rings is 1. The van der Waals surface area contributed by atoms with Gasteiger partial charge >= 0.3 is 0 Å². The zero-order chi connectivity index (χ0) is 15.8. The number of carbonyl (C=O) groups is 1. The third-order valence-electron chi connectivity index (χ3n) is 2.68. The lowest BCUT2D eigenvalue weighted by Crippen LogP contribution is -2.30. The van der Waals surface area contributed by atoms with Crippen molar-refractivity contribution in [3.05, 3.63) is 35.4 Å². The number of primary amides is 1. The molecular weight excluding hydrogens is 306 g/mol. The van der Waals surface area contributed by atoms with Crippen LogP contribution >= 0.6 is 23.5 Å². The number of rotatable bonds is 7. The summed E-state index contributed by atoms with van der Waals surface area (Å²) < 4.78 is 0. The molecule has 0 aliphatic carbocycles. The SMILES string of the molecule is N=C(N)SCCc1ccc(C[C@H](SC(=N)N)C(N)=O)cc1. The van der Waals surface area contributed by atoms with Crippen molar-refractivity contribution in [2.24, 2.45) is 17.2 Å². The molecule has 114 valence electrons. The van der Waals surface area contributed by atoms with Crippen molar-refractivity contribution in [2.45, 2.75) is 18.1 Å². The van der Waals surface area contributed by atoms with Gasteiger partial charge in [0.05, 0.1) is 5.25 Å². The van der Waals surface area contributed by atoms with Crippen LogP contribution < -0.4 is 17.2 Å². The molecule has 0 radical (unpaired) electrons. The van der Waals surface area contributed by atoms with Crippen LogP contribution in [0, 0.1) is 10.8 Å². The molecule has 0 spiro atoms. The minimum Gasteiger partial charge on any atom is -0.379 e. The van der Waals surface area contributed by atoms with Gasteiger partial charge in [0.15, 0.2) is 10.3 Å². The Kier molecular flexibility index (Phi) is 7.10. The van der Waals surface area contributed by atoms with E-state index in [9.17, 15) is 4.79 Å². The van der Waals surface area contributed by atoms with Gasteiger partial charge in [0, 0.05) is 5.75 Å². The zero-order valence-electron chi connectivity index (χ0n) is 11.5. The first-order chi connectivity index (χ1) is 9.88. The maximum absolute atomic E-state index is 11.3. The number of hydrogen-bond acceptors (Lipinski definition) is 5. The molecule has 21 heavy (non-hydrogen) atoms. The summed E-state index contributed by atoms with van der Waals surface area (Å²) in [6, 6.07) is 7.83. The van der Waals surface area contributed by atoms with Gasteiger partial charge in [0.2, 0.25) is 5.91 Å². The molecule has 8 heteroatoms. The zero-order valence-corrected chi connectivity index (χ0v) is 13.1. The van der Waals surface area contributed by atoms with Gasteiger partial charge in [-0.15, -0.1) is 0 Å².